The molecule has 0 radical (unpaired) electrons. The van der Waals surface area contributed by atoms with E-state index in [1.807, 2.05) is 103 Å². The maximum absolute atomic E-state index is 7.99. The van der Waals surface area contributed by atoms with Crippen LogP contribution in [0.15, 0.2) is 150 Å². The van der Waals surface area contributed by atoms with Gasteiger partial charge in [-0.3, -0.25) is 0 Å². The molecule has 0 aliphatic rings. The van der Waals surface area contributed by atoms with Crippen LogP contribution in [0, 0.1) is 6.57 Å². The van der Waals surface area contributed by atoms with E-state index < -0.39 is 0 Å². The van der Waals surface area contributed by atoms with Gasteiger partial charge in [-0.1, -0.05) is 109 Å². The Balaban J connectivity index is 1.37. The lowest BCUT2D eigenvalue weighted by atomic mass is 9.96. The molecular weight excluding hydrogens is 552 g/mol. The predicted molar refractivity (Wildman–Crippen MR) is 181 cm³/mol. The highest BCUT2D eigenvalue weighted by Gasteiger charge is 2.18. The quantitative estimate of drug-likeness (QED) is 0.191. The molecule has 0 saturated carbocycles. The minimum Gasteiger partial charge on any atom is -0.457 e. The van der Waals surface area contributed by atoms with Gasteiger partial charge in [-0.25, -0.2) is 19.8 Å². The topological polar surface area (TPSA) is 56.2 Å². The van der Waals surface area contributed by atoms with Gasteiger partial charge in [0.2, 0.25) is 0 Å². The van der Waals surface area contributed by atoms with Crippen molar-refractivity contribution in [1.82, 2.24) is 15.0 Å². The van der Waals surface area contributed by atoms with E-state index in [4.69, 9.17) is 25.9 Å². The average molecular weight is 577 g/mol. The number of rotatable bonds is 5. The number of fused-ring (bicyclic) bond motifs is 3. The second kappa shape index (κ2) is 11.0. The molecule has 5 nitrogen and oxygen atoms in total. The number of aromatic nitrogens is 3. The van der Waals surface area contributed by atoms with Crippen LogP contribution in [-0.2, 0) is 0 Å². The Hall–Kier alpha value is -6.38. The maximum Gasteiger partial charge on any atom is 0.199 e. The standard InChI is InChI=1S/C40H24N4O/c1-41-34-24-32(25-36-37(34)33-19-11-12-20-35(33)45-36)40-43-38(28-17-9-4-10-18-28)42-39(44-40)31-22-29(26-13-5-2-6-14-26)21-30(23-31)27-15-7-3-8-16-27/h2-25H. The Bertz CT molecular complexity index is 2320. The highest BCUT2D eigenvalue weighted by Crippen LogP contribution is 2.39. The van der Waals surface area contributed by atoms with E-state index in [2.05, 4.69) is 47.3 Å². The molecule has 8 rings (SSSR count). The molecule has 0 amide bonds. The molecule has 6 aromatic carbocycles. The molecule has 2 heterocycles. The fourth-order valence-electron chi connectivity index (χ4n) is 5.75. The molecule has 5 heteroatoms. The maximum atomic E-state index is 7.99. The number of hydrogen-bond donors (Lipinski definition) is 0. The van der Waals surface area contributed by atoms with E-state index in [1.165, 1.54) is 0 Å². The van der Waals surface area contributed by atoms with Crippen LogP contribution < -0.4 is 0 Å². The molecule has 2 aromatic heterocycles. The van der Waals surface area contributed by atoms with E-state index in [0.717, 1.165) is 49.7 Å². The summed E-state index contributed by atoms with van der Waals surface area (Å²) >= 11 is 0. The van der Waals surface area contributed by atoms with Crippen molar-refractivity contribution in [3.63, 3.8) is 0 Å². The van der Waals surface area contributed by atoms with Crippen molar-refractivity contribution < 1.29 is 4.42 Å². The van der Waals surface area contributed by atoms with Crippen molar-refractivity contribution in [2.75, 3.05) is 0 Å². The van der Waals surface area contributed by atoms with Gasteiger partial charge in [0.15, 0.2) is 23.2 Å². The van der Waals surface area contributed by atoms with Gasteiger partial charge >= 0.3 is 0 Å². The molecule has 0 aliphatic carbocycles. The first-order valence-electron chi connectivity index (χ1n) is 14.6. The SMILES string of the molecule is [C-]#[N+]c1cc(-c2nc(-c3ccccc3)nc(-c3cc(-c4ccccc4)cc(-c4ccccc4)c3)n2)cc2oc3ccccc3c12. The summed E-state index contributed by atoms with van der Waals surface area (Å²) in [6.07, 6.45) is 0. The van der Waals surface area contributed by atoms with Gasteiger partial charge in [0.05, 0.1) is 6.57 Å². The summed E-state index contributed by atoms with van der Waals surface area (Å²) < 4.78 is 6.20. The molecule has 210 valence electrons. The van der Waals surface area contributed by atoms with E-state index in [0.29, 0.717) is 34.3 Å². The second-order valence-electron chi connectivity index (χ2n) is 10.8. The lowest BCUT2D eigenvalue weighted by Gasteiger charge is -2.12. The van der Waals surface area contributed by atoms with Gasteiger partial charge in [-0.15, -0.1) is 0 Å². The van der Waals surface area contributed by atoms with Crippen LogP contribution in [0.25, 0.3) is 83.2 Å². The third kappa shape index (κ3) is 4.91. The lowest BCUT2D eigenvalue weighted by molar-refractivity contribution is 0.669. The molecule has 8 aromatic rings. The Morgan fingerprint density at radius 1 is 0.422 bits per heavy atom. The van der Waals surface area contributed by atoms with Crippen molar-refractivity contribution in [2.45, 2.75) is 0 Å². The van der Waals surface area contributed by atoms with Crippen molar-refractivity contribution in [1.29, 1.82) is 0 Å². The highest BCUT2D eigenvalue weighted by molar-refractivity contribution is 6.12. The van der Waals surface area contributed by atoms with Gasteiger partial charge in [0, 0.05) is 27.5 Å². The highest BCUT2D eigenvalue weighted by atomic mass is 16.3. The van der Waals surface area contributed by atoms with Crippen molar-refractivity contribution in [3.05, 3.63) is 157 Å². The van der Waals surface area contributed by atoms with Crippen LogP contribution in [0.2, 0.25) is 0 Å². The minimum absolute atomic E-state index is 0.470. The number of para-hydroxylation sites is 1. The molecule has 0 bridgehead atoms. The smallest absolute Gasteiger partial charge is 0.199 e. The normalized spacial score (nSPS) is 11.1. The molecule has 0 atom stereocenters. The summed E-state index contributed by atoms with van der Waals surface area (Å²) in [6, 6.07) is 48.6. The summed E-state index contributed by atoms with van der Waals surface area (Å²) in [5.74, 6) is 1.57. The second-order valence-corrected chi connectivity index (χ2v) is 10.8. The first kappa shape index (κ1) is 26.3. The van der Waals surface area contributed by atoms with Gasteiger partial charge in [-0.05, 0) is 58.7 Å². The van der Waals surface area contributed by atoms with E-state index in [9.17, 15) is 0 Å². The zero-order chi connectivity index (χ0) is 30.2. The monoisotopic (exact) mass is 576 g/mol. The fourth-order valence-corrected chi connectivity index (χ4v) is 5.75. The van der Waals surface area contributed by atoms with Crippen LogP contribution in [0.5, 0.6) is 0 Å². The molecule has 0 spiro atoms. The third-order valence-electron chi connectivity index (χ3n) is 7.91. The van der Waals surface area contributed by atoms with Crippen LogP contribution in [0.4, 0.5) is 5.69 Å². The van der Waals surface area contributed by atoms with Crippen molar-refractivity contribution in [2.24, 2.45) is 0 Å². The molecule has 0 saturated heterocycles. The number of furan rings is 1. The summed E-state index contributed by atoms with van der Waals surface area (Å²) in [5, 5.41) is 1.71. The molecule has 0 unspecified atom stereocenters. The largest absolute Gasteiger partial charge is 0.457 e. The number of benzene rings is 6. The summed E-state index contributed by atoms with van der Waals surface area (Å²) in [6.45, 7) is 7.99. The Morgan fingerprint density at radius 2 is 0.889 bits per heavy atom. The first-order valence-corrected chi connectivity index (χ1v) is 14.6. The first-order chi connectivity index (χ1) is 22.2. The van der Waals surface area contributed by atoms with E-state index in [1.54, 1.807) is 0 Å². The van der Waals surface area contributed by atoms with Gasteiger partial charge in [0.25, 0.3) is 0 Å². The van der Waals surface area contributed by atoms with Crippen LogP contribution in [0.3, 0.4) is 0 Å². The van der Waals surface area contributed by atoms with Crippen molar-refractivity contribution >= 4 is 27.6 Å². The van der Waals surface area contributed by atoms with Crippen molar-refractivity contribution in [3.8, 4) is 56.4 Å². The van der Waals surface area contributed by atoms with Crippen LogP contribution in [0.1, 0.15) is 0 Å². The number of hydrogen-bond acceptors (Lipinski definition) is 4. The zero-order valence-corrected chi connectivity index (χ0v) is 24.1. The summed E-state index contributed by atoms with van der Waals surface area (Å²) in [5.41, 5.74) is 8.62. The summed E-state index contributed by atoms with van der Waals surface area (Å²) in [7, 11) is 0. The fraction of sp³-hybridized carbons (Fsp3) is 0. The minimum atomic E-state index is 0.470. The molecule has 45 heavy (non-hydrogen) atoms. The lowest BCUT2D eigenvalue weighted by Crippen LogP contribution is -2.00. The molecular formula is C40H24N4O. The van der Waals surface area contributed by atoms with Gasteiger partial charge in [-0.2, -0.15) is 0 Å². The van der Waals surface area contributed by atoms with Crippen LogP contribution in [-0.4, -0.2) is 15.0 Å². The predicted octanol–water partition coefficient (Wildman–Crippen LogP) is 10.7. The molecule has 0 N–H and O–H groups in total. The van der Waals surface area contributed by atoms with Crippen LogP contribution >= 0.6 is 0 Å². The molecule has 0 aliphatic heterocycles. The Kier molecular flexibility index (Phi) is 6.44. The zero-order valence-electron chi connectivity index (χ0n) is 24.1. The Labute approximate surface area is 260 Å². The average Bonchev–Trinajstić information content (AvgIpc) is 3.51. The van der Waals surface area contributed by atoms with Gasteiger partial charge in [0.1, 0.15) is 11.2 Å². The third-order valence-corrected chi connectivity index (χ3v) is 7.91. The van der Waals surface area contributed by atoms with Gasteiger partial charge < -0.3 is 4.42 Å². The van der Waals surface area contributed by atoms with E-state index in [-0.39, 0.29) is 0 Å². The number of nitrogens with zero attached hydrogens (tertiary/aromatic N) is 4. The Morgan fingerprint density at radius 3 is 1.47 bits per heavy atom. The van der Waals surface area contributed by atoms with E-state index >= 15 is 0 Å². The molecule has 0 fully saturated rings. The summed E-state index contributed by atoms with van der Waals surface area (Å²) in [4.78, 5) is 18.8.